The van der Waals surface area contributed by atoms with Crippen molar-refractivity contribution in [2.24, 2.45) is 5.92 Å². The van der Waals surface area contributed by atoms with Gasteiger partial charge in [0.15, 0.2) is 0 Å². The van der Waals surface area contributed by atoms with Gasteiger partial charge in [-0.25, -0.2) is 0 Å². The highest BCUT2D eigenvalue weighted by atomic mass is 14.9. The van der Waals surface area contributed by atoms with Crippen LogP contribution in [-0.2, 0) is 0 Å². The van der Waals surface area contributed by atoms with Crippen LogP contribution in [0.4, 0.5) is 11.4 Å². The summed E-state index contributed by atoms with van der Waals surface area (Å²) in [6.07, 6.45) is 3.66. The van der Waals surface area contributed by atoms with Gasteiger partial charge in [0.2, 0.25) is 0 Å². The second kappa shape index (κ2) is 4.84. The Morgan fingerprint density at radius 2 is 1.79 bits per heavy atom. The van der Waals surface area contributed by atoms with Gasteiger partial charge in [0.05, 0.1) is 23.8 Å². The Balaban J connectivity index is 2.66. The summed E-state index contributed by atoms with van der Waals surface area (Å²) in [4.78, 5) is 4.14. The van der Waals surface area contributed by atoms with Gasteiger partial charge in [-0.15, -0.1) is 0 Å². The van der Waals surface area contributed by atoms with Crippen molar-refractivity contribution in [1.82, 2.24) is 4.98 Å². The average Bonchev–Trinajstić information content (AvgIpc) is 2.18. The van der Waals surface area contributed by atoms with Gasteiger partial charge in [-0.05, 0) is 18.9 Å². The van der Waals surface area contributed by atoms with E-state index >= 15 is 0 Å². The zero-order chi connectivity index (χ0) is 10.6. The minimum absolute atomic E-state index is 0.462. The molecule has 0 saturated carbocycles. The molecule has 0 aliphatic rings. The average molecular weight is 193 g/mol. The summed E-state index contributed by atoms with van der Waals surface area (Å²) in [5.41, 5.74) is 2.10. The van der Waals surface area contributed by atoms with Crippen molar-refractivity contribution in [1.29, 1.82) is 0 Å². The van der Waals surface area contributed by atoms with Crippen LogP contribution >= 0.6 is 0 Å². The number of hydrogen-bond donors (Lipinski definition) is 2. The zero-order valence-electron chi connectivity index (χ0n) is 9.33. The van der Waals surface area contributed by atoms with Crippen LogP contribution in [-0.4, -0.2) is 18.1 Å². The Hall–Kier alpha value is -1.25. The fourth-order valence-corrected chi connectivity index (χ4v) is 1.09. The largest absolute Gasteiger partial charge is 0.387 e. The normalized spacial score (nSPS) is 12.6. The molecule has 0 radical (unpaired) electrons. The van der Waals surface area contributed by atoms with E-state index in [4.69, 9.17) is 0 Å². The molecule has 0 fully saturated rings. The lowest BCUT2D eigenvalue weighted by molar-refractivity contribution is 0.560. The quantitative estimate of drug-likeness (QED) is 0.771. The minimum atomic E-state index is 0.462. The SMILES string of the molecule is CNc1cncc(NC(C)C(C)C)c1. The molecular formula is C11H19N3. The molecule has 2 N–H and O–H groups in total. The number of nitrogens with one attached hydrogen (secondary N) is 2. The standard InChI is InChI=1S/C11H19N3/c1-8(2)9(3)14-11-5-10(12-4)6-13-7-11/h5-9,12,14H,1-4H3. The molecule has 0 aromatic carbocycles. The topological polar surface area (TPSA) is 37.0 Å². The summed E-state index contributed by atoms with van der Waals surface area (Å²) in [7, 11) is 1.90. The van der Waals surface area contributed by atoms with Crippen molar-refractivity contribution >= 4 is 11.4 Å². The molecule has 1 unspecified atom stereocenters. The smallest absolute Gasteiger partial charge is 0.0549 e. The highest BCUT2D eigenvalue weighted by Crippen LogP contribution is 2.15. The number of rotatable bonds is 4. The Kier molecular flexibility index (Phi) is 3.74. The highest BCUT2D eigenvalue weighted by molar-refractivity contribution is 5.53. The van der Waals surface area contributed by atoms with Crippen molar-refractivity contribution in [3.8, 4) is 0 Å². The maximum absolute atomic E-state index is 4.14. The molecule has 1 rings (SSSR count). The van der Waals surface area contributed by atoms with Gasteiger partial charge in [0, 0.05) is 13.1 Å². The third kappa shape index (κ3) is 2.91. The van der Waals surface area contributed by atoms with E-state index in [9.17, 15) is 0 Å². The lowest BCUT2D eigenvalue weighted by Crippen LogP contribution is -2.21. The Bertz CT molecular complexity index is 284. The highest BCUT2D eigenvalue weighted by Gasteiger charge is 2.06. The minimum Gasteiger partial charge on any atom is -0.387 e. The van der Waals surface area contributed by atoms with Crippen molar-refractivity contribution in [2.45, 2.75) is 26.8 Å². The van der Waals surface area contributed by atoms with Crippen LogP contribution < -0.4 is 10.6 Å². The molecular weight excluding hydrogens is 174 g/mol. The van der Waals surface area contributed by atoms with Crippen molar-refractivity contribution in [3.63, 3.8) is 0 Å². The number of pyridine rings is 1. The van der Waals surface area contributed by atoms with E-state index in [1.165, 1.54) is 0 Å². The molecule has 3 nitrogen and oxygen atoms in total. The maximum Gasteiger partial charge on any atom is 0.0549 e. The van der Waals surface area contributed by atoms with Gasteiger partial charge in [-0.2, -0.15) is 0 Å². The molecule has 0 aliphatic carbocycles. The first-order valence-corrected chi connectivity index (χ1v) is 5.03. The first-order valence-electron chi connectivity index (χ1n) is 5.03. The summed E-state index contributed by atoms with van der Waals surface area (Å²) >= 11 is 0. The number of nitrogens with zero attached hydrogens (tertiary/aromatic N) is 1. The van der Waals surface area contributed by atoms with Crippen molar-refractivity contribution in [3.05, 3.63) is 18.5 Å². The summed E-state index contributed by atoms with van der Waals surface area (Å²) in [5, 5.41) is 6.48. The third-order valence-electron chi connectivity index (χ3n) is 2.42. The molecule has 78 valence electrons. The second-order valence-electron chi connectivity index (χ2n) is 3.89. The molecule has 3 heteroatoms. The summed E-state index contributed by atoms with van der Waals surface area (Å²) < 4.78 is 0. The monoisotopic (exact) mass is 193 g/mol. The van der Waals surface area contributed by atoms with Crippen LogP contribution in [0.25, 0.3) is 0 Å². The van der Waals surface area contributed by atoms with Crippen molar-refractivity contribution in [2.75, 3.05) is 17.7 Å². The van der Waals surface area contributed by atoms with E-state index in [0.29, 0.717) is 12.0 Å². The molecule has 1 aromatic rings. The number of anilines is 2. The van der Waals surface area contributed by atoms with E-state index in [1.54, 1.807) is 0 Å². The van der Waals surface area contributed by atoms with Gasteiger partial charge in [-0.1, -0.05) is 13.8 Å². The van der Waals surface area contributed by atoms with E-state index in [0.717, 1.165) is 11.4 Å². The van der Waals surface area contributed by atoms with Gasteiger partial charge < -0.3 is 10.6 Å². The lowest BCUT2D eigenvalue weighted by atomic mass is 10.1. The molecule has 0 bridgehead atoms. The van der Waals surface area contributed by atoms with Crippen LogP contribution in [0.1, 0.15) is 20.8 Å². The number of aromatic nitrogens is 1. The van der Waals surface area contributed by atoms with Crippen LogP contribution in [0.15, 0.2) is 18.5 Å². The molecule has 0 amide bonds. The summed E-state index contributed by atoms with van der Waals surface area (Å²) in [5.74, 6) is 0.619. The van der Waals surface area contributed by atoms with Crippen LogP contribution in [0, 0.1) is 5.92 Å². The van der Waals surface area contributed by atoms with Crippen LogP contribution in [0.2, 0.25) is 0 Å². The summed E-state index contributed by atoms with van der Waals surface area (Å²) in [6.45, 7) is 6.58. The predicted octanol–water partition coefficient (Wildman–Crippen LogP) is 2.58. The molecule has 0 spiro atoms. The molecule has 0 saturated heterocycles. The van der Waals surface area contributed by atoms with Crippen LogP contribution in [0.5, 0.6) is 0 Å². The first-order chi connectivity index (χ1) is 6.63. The molecule has 1 atom stereocenters. The Labute approximate surface area is 85.9 Å². The fourth-order valence-electron chi connectivity index (χ4n) is 1.09. The van der Waals surface area contributed by atoms with E-state index in [2.05, 4.69) is 42.5 Å². The number of hydrogen-bond acceptors (Lipinski definition) is 3. The molecule has 14 heavy (non-hydrogen) atoms. The van der Waals surface area contributed by atoms with Gasteiger partial charge in [0.1, 0.15) is 0 Å². The van der Waals surface area contributed by atoms with E-state index in [1.807, 2.05) is 19.4 Å². The first kappa shape index (κ1) is 10.8. The zero-order valence-corrected chi connectivity index (χ0v) is 9.33. The molecule has 0 aliphatic heterocycles. The maximum atomic E-state index is 4.14. The van der Waals surface area contributed by atoms with Crippen molar-refractivity contribution < 1.29 is 0 Å². The Morgan fingerprint density at radius 1 is 1.14 bits per heavy atom. The lowest BCUT2D eigenvalue weighted by Gasteiger charge is -2.18. The molecule has 1 heterocycles. The van der Waals surface area contributed by atoms with Gasteiger partial charge >= 0.3 is 0 Å². The van der Waals surface area contributed by atoms with Gasteiger partial charge in [0.25, 0.3) is 0 Å². The third-order valence-corrected chi connectivity index (χ3v) is 2.42. The molecule has 1 aromatic heterocycles. The van der Waals surface area contributed by atoms with Gasteiger partial charge in [-0.3, -0.25) is 4.98 Å². The second-order valence-corrected chi connectivity index (χ2v) is 3.89. The fraction of sp³-hybridized carbons (Fsp3) is 0.545. The summed E-state index contributed by atoms with van der Waals surface area (Å²) in [6, 6.07) is 2.52. The van der Waals surface area contributed by atoms with Crippen LogP contribution in [0.3, 0.4) is 0 Å². The van der Waals surface area contributed by atoms with E-state index in [-0.39, 0.29) is 0 Å². The Morgan fingerprint density at radius 3 is 2.36 bits per heavy atom. The van der Waals surface area contributed by atoms with E-state index < -0.39 is 0 Å². The predicted molar refractivity (Wildman–Crippen MR) is 61.7 cm³/mol.